The fourth-order valence-electron chi connectivity index (χ4n) is 21.9. The lowest BCUT2D eigenvalue weighted by Crippen LogP contribution is -1.98. The number of rotatable bonds is 11. The third-order valence-electron chi connectivity index (χ3n) is 28.1. The summed E-state index contributed by atoms with van der Waals surface area (Å²) in [5, 5.41) is 20.4. The van der Waals surface area contributed by atoms with E-state index in [1.165, 1.54) is 59.5 Å². The molecule has 0 atom stereocenters. The molecule has 0 aliphatic heterocycles. The zero-order valence-corrected chi connectivity index (χ0v) is 72.4. The van der Waals surface area contributed by atoms with Gasteiger partial charge in [0, 0.05) is 87.5 Å². The molecule has 0 saturated carbocycles. The van der Waals surface area contributed by atoms with Gasteiger partial charge in [-0.15, -0.1) is 0 Å². The van der Waals surface area contributed by atoms with Crippen LogP contribution in [0.2, 0.25) is 0 Å². The Kier molecular flexibility index (Phi) is 16.1. The first-order valence-corrected chi connectivity index (χ1v) is 45.9. The molecular weight excluding hydrogens is 1650 g/mol. The molecule has 20 aromatic carbocycles. The lowest BCUT2D eigenvalue weighted by Gasteiger charge is -2.15. The van der Waals surface area contributed by atoms with E-state index in [1.807, 2.05) is 36.4 Å². The Bertz CT molecular complexity index is 10100. The van der Waals surface area contributed by atoms with Crippen molar-refractivity contribution in [3.63, 3.8) is 0 Å². The molecule has 9 heterocycles. The van der Waals surface area contributed by atoms with E-state index in [1.54, 1.807) is 0 Å². The van der Waals surface area contributed by atoms with Gasteiger partial charge in [0.15, 0.2) is 22.9 Å². The standard InChI is InChI=1S/C124H72N10O/c1-5-25-74(26-6-1)115-117-121(127-119(125-115)75-27-7-2-8-28-75)129-123-97-40-16-15-37-90(97)96-61-54-85(72-111(96)134(117)123)78-30-23-29-77(65-78)80-53-60-93-100(67-80)89-36-14-13-35-88(89)91-58-51-79(66-101(91)93)73-47-49-76(50-48-73)120-126-116(99-42-24-46-113-114(99)98-41-19-22-45-112(98)135-113)118-122(128-120)130-124-105-71-81(52-59-92(105)94-38-17-21-44-107(94)133(118)124)83-56-63-109-103(69-83)104-70-84(57-64-110(104)132(109)87-33-11-4-12-34-87)82-55-62-108-102(68-82)95-39-18-20-43-106(95)131(108)86-31-9-3-10-32-86/h1-72H. The Morgan fingerprint density at radius 2 is 0.519 bits per heavy atom. The van der Waals surface area contributed by atoms with Gasteiger partial charge in [0.2, 0.25) is 0 Å². The molecular formula is C124H72N10O. The normalized spacial score (nSPS) is 12.1. The van der Waals surface area contributed by atoms with Crippen LogP contribution in [0.5, 0.6) is 0 Å². The number of imidazole rings is 2. The summed E-state index contributed by atoms with van der Waals surface area (Å²) in [5.41, 5.74) is 31.4. The van der Waals surface area contributed by atoms with Crippen molar-refractivity contribution in [3.05, 3.63) is 437 Å². The molecule has 29 aromatic rings. The maximum Gasteiger partial charge on any atom is 0.183 e. The van der Waals surface area contributed by atoms with E-state index >= 15 is 0 Å². The minimum Gasteiger partial charge on any atom is -0.456 e. The van der Waals surface area contributed by atoms with Gasteiger partial charge in [0.1, 0.15) is 44.9 Å². The number of nitrogens with zero attached hydrogens (tertiary/aromatic N) is 10. The summed E-state index contributed by atoms with van der Waals surface area (Å²) in [7, 11) is 0. The van der Waals surface area contributed by atoms with Gasteiger partial charge in [0.25, 0.3) is 0 Å². The van der Waals surface area contributed by atoms with Gasteiger partial charge in [-0.05, 0) is 214 Å². The smallest absolute Gasteiger partial charge is 0.183 e. The number of fused-ring (bicyclic) bond motifs is 31. The quantitative estimate of drug-likeness (QED) is 0.119. The maximum absolute atomic E-state index is 6.69. The first kappa shape index (κ1) is 74.6. The largest absolute Gasteiger partial charge is 0.456 e. The van der Waals surface area contributed by atoms with Crippen LogP contribution in [0.4, 0.5) is 0 Å². The summed E-state index contributed by atoms with van der Waals surface area (Å²) < 4.78 is 16.1. The van der Waals surface area contributed by atoms with Crippen LogP contribution < -0.4 is 0 Å². The molecule has 0 amide bonds. The maximum atomic E-state index is 6.69. The van der Waals surface area contributed by atoms with Crippen LogP contribution in [0.15, 0.2) is 441 Å². The van der Waals surface area contributed by atoms with Crippen LogP contribution in [0, 0.1) is 0 Å². The molecule has 624 valence electrons. The van der Waals surface area contributed by atoms with E-state index in [2.05, 4.69) is 418 Å². The highest BCUT2D eigenvalue weighted by Gasteiger charge is 2.28. The van der Waals surface area contributed by atoms with Gasteiger partial charge in [-0.3, -0.25) is 8.80 Å². The summed E-state index contributed by atoms with van der Waals surface area (Å²) in [4.78, 5) is 33.1. The molecule has 0 N–H and O–H groups in total. The molecule has 0 aliphatic carbocycles. The van der Waals surface area contributed by atoms with Crippen molar-refractivity contribution in [3.8, 4) is 112 Å². The number of benzene rings is 20. The molecule has 0 unspecified atom stereocenters. The third kappa shape index (κ3) is 11.4. The number of para-hydroxylation sites is 5. The fraction of sp³-hybridized carbons (Fsp3) is 0. The van der Waals surface area contributed by atoms with Crippen molar-refractivity contribution >= 4 is 175 Å². The van der Waals surface area contributed by atoms with Gasteiger partial charge in [0.05, 0.1) is 33.1 Å². The molecule has 11 heteroatoms. The highest BCUT2D eigenvalue weighted by molar-refractivity contribution is 6.27. The molecule has 9 aromatic heterocycles. The summed E-state index contributed by atoms with van der Waals surface area (Å²) in [6.07, 6.45) is 0. The van der Waals surface area contributed by atoms with Crippen molar-refractivity contribution in [2.75, 3.05) is 0 Å². The number of pyridine rings is 2. The average Bonchev–Trinajstić information content (AvgIpc) is 1.59. The molecule has 135 heavy (non-hydrogen) atoms. The zero-order valence-electron chi connectivity index (χ0n) is 72.4. The lowest BCUT2D eigenvalue weighted by atomic mass is 9.90. The second-order valence-electron chi connectivity index (χ2n) is 35.5. The van der Waals surface area contributed by atoms with Crippen molar-refractivity contribution < 1.29 is 4.42 Å². The highest BCUT2D eigenvalue weighted by Crippen LogP contribution is 2.48. The number of hydrogen-bond acceptors (Lipinski definition) is 7. The minimum absolute atomic E-state index is 0.563. The van der Waals surface area contributed by atoms with Gasteiger partial charge in [-0.2, -0.15) is 0 Å². The van der Waals surface area contributed by atoms with Crippen LogP contribution in [0.3, 0.4) is 0 Å². The first-order valence-electron chi connectivity index (χ1n) is 45.9. The predicted molar refractivity (Wildman–Crippen MR) is 558 cm³/mol. The summed E-state index contributed by atoms with van der Waals surface area (Å²) >= 11 is 0. The van der Waals surface area contributed by atoms with Gasteiger partial charge >= 0.3 is 0 Å². The molecule has 0 saturated heterocycles. The van der Waals surface area contributed by atoms with E-state index in [0.717, 1.165) is 205 Å². The topological polar surface area (TPSA) is 109 Å². The van der Waals surface area contributed by atoms with Crippen molar-refractivity contribution in [2.24, 2.45) is 0 Å². The molecule has 0 bridgehead atoms. The van der Waals surface area contributed by atoms with Crippen LogP contribution in [0.25, 0.3) is 287 Å². The molecule has 0 aliphatic rings. The monoisotopic (exact) mass is 1720 g/mol. The molecule has 29 rings (SSSR count). The average molecular weight is 1720 g/mol. The second kappa shape index (κ2) is 29.1. The zero-order chi connectivity index (χ0) is 88.2. The third-order valence-corrected chi connectivity index (χ3v) is 28.1. The van der Waals surface area contributed by atoms with E-state index in [-0.39, 0.29) is 0 Å². The van der Waals surface area contributed by atoms with E-state index in [9.17, 15) is 0 Å². The molecule has 11 nitrogen and oxygen atoms in total. The van der Waals surface area contributed by atoms with Crippen LogP contribution >= 0.6 is 0 Å². The second-order valence-corrected chi connectivity index (χ2v) is 35.5. The molecule has 0 spiro atoms. The fourth-order valence-corrected chi connectivity index (χ4v) is 21.9. The van der Waals surface area contributed by atoms with Crippen molar-refractivity contribution in [1.29, 1.82) is 0 Å². The van der Waals surface area contributed by atoms with E-state index in [0.29, 0.717) is 22.9 Å². The van der Waals surface area contributed by atoms with Crippen LogP contribution in [0.1, 0.15) is 0 Å². The first-order chi connectivity index (χ1) is 66.9. The van der Waals surface area contributed by atoms with Gasteiger partial charge in [-0.25, -0.2) is 29.9 Å². The predicted octanol–water partition coefficient (Wildman–Crippen LogP) is 32.0. The Balaban J connectivity index is 0.545. The number of furan rings is 1. The minimum atomic E-state index is 0.563. The van der Waals surface area contributed by atoms with Crippen molar-refractivity contribution in [1.82, 2.24) is 47.8 Å². The summed E-state index contributed by atoms with van der Waals surface area (Å²) in [5.74, 6) is 1.20. The Morgan fingerprint density at radius 1 is 0.178 bits per heavy atom. The SMILES string of the molecule is c1ccc(-c2nc(-c3ccccc3)c3c(n2)nc2c4ccccc4c4ccc(-c5cccc(-c6ccc7c8cc(-c9ccc(-c%10nc(-c%11cccc%12oc%13ccccc%13c%11%12)c%11c(n%10)nc%10c%12cc(-c%13ccc%14c(c%13)c%13cc(-c%15ccc%16c(c%15)c%15ccccc%15n%16-c%15ccccc%15)ccc%13n%14-c%13ccccc%13)ccc%12c%12ccccc%12n%10%11)cc9)ccc8c8ccccc8c7c6)c5)cc4n23)cc1. The molecule has 0 radical (unpaired) electrons. The summed E-state index contributed by atoms with van der Waals surface area (Å²) in [6.45, 7) is 0. The van der Waals surface area contributed by atoms with Gasteiger partial charge in [-0.1, -0.05) is 322 Å². The van der Waals surface area contributed by atoms with Crippen LogP contribution in [-0.2, 0) is 0 Å². The summed E-state index contributed by atoms with van der Waals surface area (Å²) in [6, 6.07) is 158. The van der Waals surface area contributed by atoms with E-state index < -0.39 is 0 Å². The van der Waals surface area contributed by atoms with E-state index in [4.69, 9.17) is 34.3 Å². The Labute approximate surface area is 770 Å². The molecule has 0 fully saturated rings. The van der Waals surface area contributed by atoms with Crippen LogP contribution in [-0.4, -0.2) is 47.8 Å². The number of aromatic nitrogens is 10. The van der Waals surface area contributed by atoms with Crippen molar-refractivity contribution in [2.45, 2.75) is 0 Å². The Morgan fingerprint density at radius 3 is 1.12 bits per heavy atom. The highest BCUT2D eigenvalue weighted by atomic mass is 16.3. The lowest BCUT2D eigenvalue weighted by molar-refractivity contribution is 0.669. The van der Waals surface area contributed by atoms with Gasteiger partial charge < -0.3 is 13.6 Å². The number of hydrogen-bond donors (Lipinski definition) is 0. The Hall–Kier alpha value is -18.3.